The van der Waals surface area contributed by atoms with Crippen LogP contribution in [0, 0.1) is 0 Å². The van der Waals surface area contributed by atoms with Gasteiger partial charge in [0.05, 0.1) is 5.60 Å². The fourth-order valence-electron chi connectivity index (χ4n) is 2.74. The number of benzene rings is 1. The Morgan fingerprint density at radius 2 is 1.95 bits per heavy atom. The highest BCUT2D eigenvalue weighted by Crippen LogP contribution is 2.26. The molecule has 0 bridgehead atoms. The standard InChI is InChI=1S/C15H23BrN2O2/c1-18(11-15(19)6-8-20-9-7-15)14(10-17)12-2-4-13(16)5-3-12/h2-5,14,19H,6-11,17H2,1H3. The highest BCUT2D eigenvalue weighted by Gasteiger charge is 2.32. The molecule has 112 valence electrons. The number of ether oxygens (including phenoxy) is 1. The normalized spacial score (nSPS) is 20.1. The summed E-state index contributed by atoms with van der Waals surface area (Å²) in [6.07, 6.45) is 1.38. The minimum Gasteiger partial charge on any atom is -0.388 e. The van der Waals surface area contributed by atoms with E-state index in [2.05, 4.69) is 33.0 Å². The van der Waals surface area contributed by atoms with E-state index in [0.29, 0.717) is 39.1 Å². The summed E-state index contributed by atoms with van der Waals surface area (Å²) in [5.74, 6) is 0. The summed E-state index contributed by atoms with van der Waals surface area (Å²) >= 11 is 3.44. The van der Waals surface area contributed by atoms with Crippen LogP contribution in [0.25, 0.3) is 0 Å². The molecule has 3 N–H and O–H groups in total. The highest BCUT2D eigenvalue weighted by atomic mass is 79.9. The van der Waals surface area contributed by atoms with Crippen molar-refractivity contribution in [3.05, 3.63) is 34.3 Å². The van der Waals surface area contributed by atoms with Gasteiger partial charge in [0.2, 0.25) is 0 Å². The van der Waals surface area contributed by atoms with Gasteiger partial charge in [0.15, 0.2) is 0 Å². The van der Waals surface area contributed by atoms with Crippen LogP contribution in [-0.4, -0.2) is 49.0 Å². The fraction of sp³-hybridized carbons (Fsp3) is 0.600. The van der Waals surface area contributed by atoms with Crippen molar-refractivity contribution >= 4 is 15.9 Å². The van der Waals surface area contributed by atoms with Gasteiger partial charge in [-0.05, 0) is 24.7 Å². The predicted molar refractivity (Wildman–Crippen MR) is 83.6 cm³/mol. The molecule has 0 aliphatic carbocycles. The molecule has 0 saturated carbocycles. The molecule has 0 aromatic heterocycles. The first kappa shape index (κ1) is 15.9. The molecule has 0 radical (unpaired) electrons. The molecule has 1 heterocycles. The molecule has 1 unspecified atom stereocenters. The summed E-state index contributed by atoms with van der Waals surface area (Å²) in [6.45, 7) is 2.42. The molecule has 1 aliphatic heterocycles. The smallest absolute Gasteiger partial charge is 0.0818 e. The Kier molecular flexibility index (Phi) is 5.57. The van der Waals surface area contributed by atoms with E-state index in [4.69, 9.17) is 10.5 Å². The summed E-state index contributed by atoms with van der Waals surface area (Å²) in [5.41, 5.74) is 6.45. The first-order chi connectivity index (χ1) is 9.54. The maximum Gasteiger partial charge on any atom is 0.0818 e. The molecular weight excluding hydrogens is 320 g/mol. The third kappa shape index (κ3) is 4.02. The molecule has 0 amide bonds. The van der Waals surface area contributed by atoms with E-state index in [1.165, 1.54) is 5.56 Å². The largest absolute Gasteiger partial charge is 0.388 e. The van der Waals surface area contributed by atoms with Crippen molar-refractivity contribution in [2.75, 3.05) is 33.4 Å². The lowest BCUT2D eigenvalue weighted by molar-refractivity contribution is -0.0812. The third-order valence-corrected chi connectivity index (χ3v) is 4.51. The van der Waals surface area contributed by atoms with Crippen LogP contribution < -0.4 is 5.73 Å². The predicted octanol–water partition coefficient (Wildman–Crippen LogP) is 1.92. The Hall–Kier alpha value is -0.460. The molecule has 1 fully saturated rings. The lowest BCUT2D eigenvalue weighted by Crippen LogP contribution is -2.47. The molecule has 2 rings (SSSR count). The SMILES string of the molecule is CN(CC1(O)CCOCC1)C(CN)c1ccc(Br)cc1. The van der Waals surface area contributed by atoms with E-state index in [1.807, 2.05) is 19.2 Å². The molecule has 20 heavy (non-hydrogen) atoms. The van der Waals surface area contributed by atoms with Gasteiger partial charge in [-0.25, -0.2) is 0 Å². The fourth-order valence-corrected chi connectivity index (χ4v) is 3.00. The van der Waals surface area contributed by atoms with Crippen molar-refractivity contribution in [3.8, 4) is 0 Å². The number of rotatable bonds is 5. The molecule has 1 saturated heterocycles. The van der Waals surface area contributed by atoms with Gasteiger partial charge in [-0.3, -0.25) is 4.90 Å². The van der Waals surface area contributed by atoms with E-state index < -0.39 is 5.60 Å². The van der Waals surface area contributed by atoms with Crippen LogP contribution in [0.4, 0.5) is 0 Å². The maximum absolute atomic E-state index is 10.6. The Morgan fingerprint density at radius 1 is 1.35 bits per heavy atom. The number of halogens is 1. The summed E-state index contributed by atoms with van der Waals surface area (Å²) < 4.78 is 6.38. The molecule has 1 aromatic carbocycles. The van der Waals surface area contributed by atoms with Gasteiger partial charge in [-0.2, -0.15) is 0 Å². The van der Waals surface area contributed by atoms with Crippen LogP contribution in [0.15, 0.2) is 28.7 Å². The van der Waals surface area contributed by atoms with Crippen LogP contribution in [0.5, 0.6) is 0 Å². The lowest BCUT2D eigenvalue weighted by atomic mass is 9.92. The Balaban J connectivity index is 2.04. The van der Waals surface area contributed by atoms with Crippen LogP contribution in [-0.2, 0) is 4.74 Å². The second kappa shape index (κ2) is 7.00. The van der Waals surface area contributed by atoms with Gasteiger partial charge in [-0.15, -0.1) is 0 Å². The van der Waals surface area contributed by atoms with Crippen molar-refractivity contribution in [2.45, 2.75) is 24.5 Å². The minimum atomic E-state index is -0.657. The van der Waals surface area contributed by atoms with Crippen molar-refractivity contribution < 1.29 is 9.84 Å². The number of hydrogen-bond donors (Lipinski definition) is 2. The second-order valence-corrected chi connectivity index (χ2v) is 6.47. The van der Waals surface area contributed by atoms with Gasteiger partial charge in [0, 0.05) is 49.7 Å². The van der Waals surface area contributed by atoms with Gasteiger partial charge in [0.25, 0.3) is 0 Å². The Morgan fingerprint density at radius 3 is 2.50 bits per heavy atom. The molecule has 1 aliphatic rings. The van der Waals surface area contributed by atoms with E-state index >= 15 is 0 Å². The van der Waals surface area contributed by atoms with E-state index in [9.17, 15) is 5.11 Å². The molecule has 1 atom stereocenters. The first-order valence-electron chi connectivity index (χ1n) is 7.00. The van der Waals surface area contributed by atoms with Crippen LogP contribution in [0.1, 0.15) is 24.4 Å². The molecule has 0 spiro atoms. The summed E-state index contributed by atoms with van der Waals surface area (Å²) in [4.78, 5) is 2.15. The Labute approximate surface area is 129 Å². The topological polar surface area (TPSA) is 58.7 Å². The lowest BCUT2D eigenvalue weighted by Gasteiger charge is -2.38. The van der Waals surface area contributed by atoms with Crippen molar-refractivity contribution in [2.24, 2.45) is 5.73 Å². The number of likely N-dealkylation sites (N-methyl/N-ethyl adjacent to an activating group) is 1. The Bertz CT molecular complexity index is 418. The average Bonchev–Trinajstić information content (AvgIpc) is 2.42. The van der Waals surface area contributed by atoms with Crippen molar-refractivity contribution in [3.63, 3.8) is 0 Å². The van der Waals surface area contributed by atoms with Crippen molar-refractivity contribution in [1.29, 1.82) is 0 Å². The number of nitrogens with two attached hydrogens (primary N) is 1. The summed E-state index contributed by atoms with van der Waals surface area (Å²) in [5, 5.41) is 10.6. The quantitative estimate of drug-likeness (QED) is 0.858. The average molecular weight is 343 g/mol. The zero-order valence-corrected chi connectivity index (χ0v) is 13.5. The van der Waals surface area contributed by atoms with Crippen LogP contribution in [0.3, 0.4) is 0 Å². The van der Waals surface area contributed by atoms with Crippen LogP contribution >= 0.6 is 15.9 Å². The van der Waals surface area contributed by atoms with E-state index in [1.54, 1.807) is 0 Å². The molecule has 4 nitrogen and oxygen atoms in total. The highest BCUT2D eigenvalue weighted by molar-refractivity contribution is 9.10. The zero-order chi connectivity index (χ0) is 14.6. The third-order valence-electron chi connectivity index (χ3n) is 3.98. The van der Waals surface area contributed by atoms with E-state index in [-0.39, 0.29) is 6.04 Å². The zero-order valence-electron chi connectivity index (χ0n) is 11.9. The van der Waals surface area contributed by atoms with E-state index in [0.717, 1.165) is 4.47 Å². The molecule has 5 heteroatoms. The number of nitrogens with zero attached hydrogens (tertiary/aromatic N) is 1. The van der Waals surface area contributed by atoms with Crippen LogP contribution in [0.2, 0.25) is 0 Å². The summed E-state index contributed by atoms with van der Waals surface area (Å²) in [7, 11) is 2.02. The molecular formula is C15H23BrN2O2. The van der Waals surface area contributed by atoms with Gasteiger partial charge in [0.1, 0.15) is 0 Å². The van der Waals surface area contributed by atoms with Gasteiger partial charge in [-0.1, -0.05) is 28.1 Å². The number of aliphatic hydroxyl groups is 1. The van der Waals surface area contributed by atoms with Gasteiger partial charge >= 0.3 is 0 Å². The minimum absolute atomic E-state index is 0.120. The first-order valence-corrected chi connectivity index (χ1v) is 7.79. The second-order valence-electron chi connectivity index (χ2n) is 5.55. The number of hydrogen-bond acceptors (Lipinski definition) is 4. The van der Waals surface area contributed by atoms with Crippen molar-refractivity contribution in [1.82, 2.24) is 4.90 Å². The maximum atomic E-state index is 10.6. The molecule has 1 aromatic rings. The summed E-state index contributed by atoms with van der Waals surface area (Å²) in [6, 6.07) is 8.32. The monoisotopic (exact) mass is 342 g/mol. The van der Waals surface area contributed by atoms with Gasteiger partial charge < -0.3 is 15.6 Å².